The molecular formula is C14H19N3. The van der Waals surface area contributed by atoms with Gasteiger partial charge in [-0.2, -0.15) is 0 Å². The Balaban J connectivity index is 2.22. The molecule has 0 aliphatic heterocycles. The molecule has 1 fully saturated rings. The highest BCUT2D eigenvalue weighted by Crippen LogP contribution is 2.43. The zero-order chi connectivity index (χ0) is 11.9. The van der Waals surface area contributed by atoms with Crippen molar-refractivity contribution in [2.75, 3.05) is 6.54 Å². The van der Waals surface area contributed by atoms with Crippen LogP contribution in [0.15, 0.2) is 24.3 Å². The van der Waals surface area contributed by atoms with Gasteiger partial charge in [0.1, 0.15) is 5.82 Å². The molecule has 0 saturated heterocycles. The molecule has 17 heavy (non-hydrogen) atoms. The van der Waals surface area contributed by atoms with Crippen molar-refractivity contribution in [1.29, 1.82) is 0 Å². The van der Waals surface area contributed by atoms with Crippen LogP contribution in [0.4, 0.5) is 0 Å². The number of imidazole rings is 1. The van der Waals surface area contributed by atoms with Gasteiger partial charge in [0.25, 0.3) is 0 Å². The highest BCUT2D eigenvalue weighted by Gasteiger charge is 2.41. The summed E-state index contributed by atoms with van der Waals surface area (Å²) < 4.78 is 2.33. The van der Waals surface area contributed by atoms with Crippen molar-refractivity contribution in [2.24, 2.45) is 5.73 Å². The van der Waals surface area contributed by atoms with Crippen molar-refractivity contribution >= 4 is 11.0 Å². The van der Waals surface area contributed by atoms with Gasteiger partial charge in [-0.3, -0.25) is 0 Å². The number of nitrogens with two attached hydrogens (primary N) is 1. The summed E-state index contributed by atoms with van der Waals surface area (Å²) in [5.74, 6) is 1.20. The largest absolute Gasteiger partial charge is 0.329 e. The van der Waals surface area contributed by atoms with E-state index >= 15 is 0 Å². The second-order valence-electron chi connectivity index (χ2n) is 5.01. The zero-order valence-electron chi connectivity index (χ0n) is 10.3. The van der Waals surface area contributed by atoms with Crippen LogP contribution in [0.25, 0.3) is 11.0 Å². The van der Waals surface area contributed by atoms with E-state index in [4.69, 9.17) is 10.7 Å². The molecule has 0 amide bonds. The maximum Gasteiger partial charge on any atom is 0.117 e. The summed E-state index contributed by atoms with van der Waals surface area (Å²) >= 11 is 0. The van der Waals surface area contributed by atoms with E-state index in [0.717, 1.165) is 18.6 Å². The second-order valence-corrected chi connectivity index (χ2v) is 5.01. The van der Waals surface area contributed by atoms with E-state index in [2.05, 4.69) is 35.8 Å². The molecule has 1 aliphatic carbocycles. The first-order chi connectivity index (χ1) is 8.30. The van der Waals surface area contributed by atoms with Crippen LogP contribution in [0.1, 0.15) is 32.0 Å². The summed E-state index contributed by atoms with van der Waals surface area (Å²) in [6.07, 6.45) is 3.66. The number of fused-ring (bicyclic) bond motifs is 1. The van der Waals surface area contributed by atoms with Crippen molar-refractivity contribution in [3.8, 4) is 0 Å². The first-order valence-electron chi connectivity index (χ1n) is 6.46. The Kier molecular flexibility index (Phi) is 2.44. The highest BCUT2D eigenvalue weighted by atomic mass is 15.1. The monoisotopic (exact) mass is 229 g/mol. The predicted octanol–water partition coefficient (Wildman–Crippen LogP) is 2.44. The van der Waals surface area contributed by atoms with Crippen molar-refractivity contribution in [1.82, 2.24) is 9.55 Å². The van der Waals surface area contributed by atoms with Crippen LogP contribution in [0.5, 0.6) is 0 Å². The van der Waals surface area contributed by atoms with E-state index in [1.54, 1.807) is 0 Å². The summed E-state index contributed by atoms with van der Waals surface area (Å²) in [6, 6.07) is 8.37. The molecule has 90 valence electrons. The molecule has 1 aromatic carbocycles. The molecule has 1 aromatic heterocycles. The fourth-order valence-corrected chi connectivity index (χ4v) is 2.92. The molecule has 3 heteroatoms. The Morgan fingerprint density at radius 1 is 1.35 bits per heavy atom. The SMILES string of the molecule is CCn1c(C2(CN)CCC2)nc2ccccc21. The van der Waals surface area contributed by atoms with Gasteiger partial charge in [-0.1, -0.05) is 18.6 Å². The Labute approximate surface area is 102 Å². The summed E-state index contributed by atoms with van der Waals surface area (Å²) in [5.41, 5.74) is 8.48. The number of nitrogens with zero attached hydrogens (tertiary/aromatic N) is 2. The Hall–Kier alpha value is -1.35. The molecule has 3 rings (SSSR count). The van der Waals surface area contributed by atoms with Crippen LogP contribution in [0.2, 0.25) is 0 Å². The van der Waals surface area contributed by atoms with Gasteiger partial charge in [-0.15, -0.1) is 0 Å². The Morgan fingerprint density at radius 2 is 2.12 bits per heavy atom. The van der Waals surface area contributed by atoms with E-state index in [1.807, 2.05) is 0 Å². The number of benzene rings is 1. The molecule has 0 atom stereocenters. The number of rotatable bonds is 3. The van der Waals surface area contributed by atoms with Gasteiger partial charge in [0, 0.05) is 18.5 Å². The van der Waals surface area contributed by atoms with E-state index < -0.39 is 0 Å². The van der Waals surface area contributed by atoms with Crippen molar-refractivity contribution in [2.45, 2.75) is 38.1 Å². The van der Waals surface area contributed by atoms with Crippen LogP contribution in [-0.2, 0) is 12.0 Å². The number of para-hydroxylation sites is 2. The lowest BCUT2D eigenvalue weighted by Crippen LogP contribution is -2.43. The molecule has 0 unspecified atom stereocenters. The minimum absolute atomic E-state index is 0.148. The average molecular weight is 229 g/mol. The maximum absolute atomic E-state index is 5.99. The van der Waals surface area contributed by atoms with Gasteiger partial charge in [-0.05, 0) is 31.9 Å². The summed E-state index contributed by atoms with van der Waals surface area (Å²) in [7, 11) is 0. The van der Waals surface area contributed by atoms with Crippen LogP contribution < -0.4 is 5.73 Å². The maximum atomic E-state index is 5.99. The first kappa shape index (κ1) is 10.8. The van der Waals surface area contributed by atoms with Crippen molar-refractivity contribution in [3.05, 3.63) is 30.1 Å². The van der Waals surface area contributed by atoms with E-state index in [9.17, 15) is 0 Å². The van der Waals surface area contributed by atoms with Crippen LogP contribution in [-0.4, -0.2) is 16.1 Å². The van der Waals surface area contributed by atoms with Crippen LogP contribution in [0.3, 0.4) is 0 Å². The summed E-state index contributed by atoms with van der Waals surface area (Å²) in [4.78, 5) is 4.83. The fourth-order valence-electron chi connectivity index (χ4n) is 2.92. The van der Waals surface area contributed by atoms with Gasteiger partial charge in [0.15, 0.2) is 0 Å². The molecule has 0 radical (unpaired) electrons. The van der Waals surface area contributed by atoms with Gasteiger partial charge < -0.3 is 10.3 Å². The van der Waals surface area contributed by atoms with Crippen LogP contribution in [0, 0.1) is 0 Å². The van der Waals surface area contributed by atoms with Gasteiger partial charge in [0.05, 0.1) is 11.0 Å². The van der Waals surface area contributed by atoms with E-state index in [-0.39, 0.29) is 5.41 Å². The quantitative estimate of drug-likeness (QED) is 0.878. The van der Waals surface area contributed by atoms with Gasteiger partial charge in [-0.25, -0.2) is 4.98 Å². The standard InChI is InChI=1S/C14H19N3/c1-2-17-12-7-4-3-6-11(12)16-13(17)14(10-15)8-5-9-14/h3-4,6-7H,2,5,8-10,15H2,1H3. The third kappa shape index (κ3) is 1.42. The van der Waals surface area contributed by atoms with E-state index in [1.165, 1.54) is 30.6 Å². The molecule has 0 bridgehead atoms. The molecule has 3 nitrogen and oxygen atoms in total. The Bertz CT molecular complexity index is 532. The topological polar surface area (TPSA) is 43.8 Å². The minimum Gasteiger partial charge on any atom is -0.329 e. The molecule has 1 saturated carbocycles. The normalized spacial score (nSPS) is 18.2. The Morgan fingerprint density at radius 3 is 2.71 bits per heavy atom. The van der Waals surface area contributed by atoms with Crippen molar-refractivity contribution < 1.29 is 0 Å². The van der Waals surface area contributed by atoms with E-state index in [0.29, 0.717) is 0 Å². The summed E-state index contributed by atoms with van der Waals surface area (Å²) in [5, 5.41) is 0. The molecule has 2 aromatic rings. The molecule has 1 heterocycles. The molecule has 2 N–H and O–H groups in total. The lowest BCUT2D eigenvalue weighted by Gasteiger charge is -2.40. The minimum atomic E-state index is 0.148. The van der Waals surface area contributed by atoms with Crippen LogP contribution >= 0.6 is 0 Å². The number of aryl methyl sites for hydroxylation is 1. The van der Waals surface area contributed by atoms with Crippen molar-refractivity contribution in [3.63, 3.8) is 0 Å². The second kappa shape index (κ2) is 3.84. The van der Waals surface area contributed by atoms with Gasteiger partial charge in [0.2, 0.25) is 0 Å². The number of hydrogen-bond acceptors (Lipinski definition) is 2. The van der Waals surface area contributed by atoms with Gasteiger partial charge >= 0.3 is 0 Å². The molecule has 1 aliphatic rings. The summed E-state index contributed by atoms with van der Waals surface area (Å²) in [6.45, 7) is 3.87. The smallest absolute Gasteiger partial charge is 0.117 e. The third-order valence-corrected chi connectivity index (χ3v) is 4.15. The predicted molar refractivity (Wildman–Crippen MR) is 70.0 cm³/mol. The lowest BCUT2D eigenvalue weighted by molar-refractivity contribution is 0.231. The fraction of sp³-hybridized carbons (Fsp3) is 0.500. The zero-order valence-corrected chi connectivity index (χ0v) is 10.3. The highest BCUT2D eigenvalue weighted by molar-refractivity contribution is 5.76. The number of aromatic nitrogens is 2. The lowest BCUT2D eigenvalue weighted by atomic mass is 9.68. The number of hydrogen-bond donors (Lipinski definition) is 1. The third-order valence-electron chi connectivity index (χ3n) is 4.15. The molecular weight excluding hydrogens is 210 g/mol. The molecule has 0 spiro atoms. The average Bonchev–Trinajstić information content (AvgIpc) is 2.67. The first-order valence-corrected chi connectivity index (χ1v) is 6.46.